The Kier molecular flexibility index (Phi) is 5.63. The number of hydrogen-bond acceptors (Lipinski definition) is 7. The van der Waals surface area contributed by atoms with Gasteiger partial charge in [-0.25, -0.2) is 9.78 Å². The third-order valence-corrected chi connectivity index (χ3v) is 7.24. The zero-order valence-corrected chi connectivity index (χ0v) is 20.1. The van der Waals surface area contributed by atoms with E-state index < -0.39 is 6.10 Å². The van der Waals surface area contributed by atoms with Crippen LogP contribution in [-0.4, -0.2) is 77.3 Å². The third kappa shape index (κ3) is 4.09. The molecule has 0 spiro atoms. The standard InChI is InChI=1S/C25H28N8O3/c1-15-5-6-22-29-30-23(33(15)22)19-3-2-4-21(27-19)28-24(35)20-11-17-13-31(9-7-16(17)12-26-20)25(36)32-10-8-18(34)14-32/h2-4,11-12,15,18,34H,5-10,13-14H2,1H3,(H,27,28,35)/t15-,18-/m1/s1. The predicted molar refractivity (Wildman–Crippen MR) is 130 cm³/mol. The van der Waals surface area contributed by atoms with Gasteiger partial charge in [-0.1, -0.05) is 6.07 Å². The molecule has 0 aliphatic carbocycles. The van der Waals surface area contributed by atoms with E-state index in [0.29, 0.717) is 62.4 Å². The molecule has 6 rings (SSSR count). The Labute approximate surface area is 208 Å². The lowest BCUT2D eigenvalue weighted by atomic mass is 10.0. The van der Waals surface area contributed by atoms with Crippen LogP contribution < -0.4 is 5.32 Å². The Morgan fingerprint density at radius 2 is 1.97 bits per heavy atom. The van der Waals surface area contributed by atoms with Gasteiger partial charge in [0.05, 0.1) is 6.10 Å². The summed E-state index contributed by atoms with van der Waals surface area (Å²) >= 11 is 0. The van der Waals surface area contributed by atoms with E-state index in [2.05, 4.69) is 37.0 Å². The second-order valence-electron chi connectivity index (χ2n) is 9.74. The fourth-order valence-electron chi connectivity index (χ4n) is 5.25. The molecule has 2 N–H and O–H groups in total. The quantitative estimate of drug-likeness (QED) is 0.577. The number of anilines is 1. The smallest absolute Gasteiger partial charge is 0.320 e. The van der Waals surface area contributed by atoms with E-state index in [0.717, 1.165) is 29.8 Å². The molecular weight excluding hydrogens is 460 g/mol. The molecule has 3 amide bonds. The van der Waals surface area contributed by atoms with Crippen molar-refractivity contribution in [2.24, 2.45) is 0 Å². The number of aromatic nitrogens is 5. The number of rotatable bonds is 3. The highest BCUT2D eigenvalue weighted by Crippen LogP contribution is 2.30. The molecule has 186 valence electrons. The summed E-state index contributed by atoms with van der Waals surface area (Å²) in [5.74, 6) is 1.70. The summed E-state index contributed by atoms with van der Waals surface area (Å²) in [5, 5.41) is 21.2. The number of aryl methyl sites for hydroxylation is 1. The Morgan fingerprint density at radius 1 is 1.08 bits per heavy atom. The molecule has 36 heavy (non-hydrogen) atoms. The van der Waals surface area contributed by atoms with Crippen LogP contribution in [0, 0.1) is 0 Å². The molecule has 0 bridgehead atoms. The maximum absolute atomic E-state index is 13.0. The van der Waals surface area contributed by atoms with Crippen LogP contribution in [0.15, 0.2) is 30.5 Å². The molecule has 3 aromatic rings. The van der Waals surface area contributed by atoms with Gasteiger partial charge in [-0.3, -0.25) is 9.78 Å². The van der Waals surface area contributed by atoms with E-state index in [1.807, 2.05) is 12.1 Å². The lowest BCUT2D eigenvalue weighted by Gasteiger charge is -2.32. The summed E-state index contributed by atoms with van der Waals surface area (Å²) < 4.78 is 2.11. The monoisotopic (exact) mass is 488 g/mol. The molecule has 6 heterocycles. The number of nitrogens with zero attached hydrogens (tertiary/aromatic N) is 7. The first-order valence-electron chi connectivity index (χ1n) is 12.4. The molecule has 0 aromatic carbocycles. The Morgan fingerprint density at radius 3 is 2.81 bits per heavy atom. The van der Waals surface area contributed by atoms with Crippen molar-refractivity contribution in [1.29, 1.82) is 0 Å². The number of carbonyl (C=O) groups is 2. The van der Waals surface area contributed by atoms with Gasteiger partial charge in [0, 0.05) is 44.8 Å². The average molecular weight is 489 g/mol. The summed E-state index contributed by atoms with van der Waals surface area (Å²) in [7, 11) is 0. The van der Waals surface area contributed by atoms with Crippen LogP contribution in [0.25, 0.3) is 11.5 Å². The summed E-state index contributed by atoms with van der Waals surface area (Å²) in [6, 6.07) is 7.41. The molecule has 3 aliphatic heterocycles. The number of amides is 3. The number of carbonyl (C=O) groups excluding carboxylic acids is 2. The number of hydrogen-bond donors (Lipinski definition) is 2. The number of aliphatic hydroxyl groups excluding tert-OH is 1. The first kappa shape index (κ1) is 22.6. The molecule has 0 saturated carbocycles. The van der Waals surface area contributed by atoms with Crippen molar-refractivity contribution in [2.75, 3.05) is 25.0 Å². The highest BCUT2D eigenvalue weighted by Gasteiger charge is 2.30. The van der Waals surface area contributed by atoms with Crippen LogP contribution in [0.3, 0.4) is 0 Å². The van der Waals surface area contributed by atoms with Gasteiger partial charge in [-0.15, -0.1) is 10.2 Å². The molecule has 2 atom stereocenters. The van der Waals surface area contributed by atoms with Crippen molar-refractivity contribution < 1.29 is 14.7 Å². The number of aliphatic hydroxyl groups is 1. The topological polar surface area (TPSA) is 129 Å². The van der Waals surface area contributed by atoms with E-state index in [1.54, 1.807) is 28.1 Å². The SMILES string of the molecule is C[C@@H]1CCc2nnc(-c3cccc(NC(=O)c4cc5c(cn4)CCN(C(=O)N4CC[C@@H](O)C4)C5)n3)n21. The fraction of sp³-hybridized carbons (Fsp3) is 0.440. The maximum Gasteiger partial charge on any atom is 0.320 e. The van der Waals surface area contributed by atoms with Crippen LogP contribution in [0.5, 0.6) is 0 Å². The van der Waals surface area contributed by atoms with Gasteiger partial charge in [-0.05, 0) is 55.5 Å². The highest BCUT2D eigenvalue weighted by molar-refractivity contribution is 6.02. The van der Waals surface area contributed by atoms with Crippen LogP contribution >= 0.6 is 0 Å². The Bertz CT molecular complexity index is 1340. The second-order valence-corrected chi connectivity index (χ2v) is 9.74. The lowest BCUT2D eigenvalue weighted by molar-refractivity contribution is 0.102. The van der Waals surface area contributed by atoms with Crippen molar-refractivity contribution in [3.8, 4) is 11.5 Å². The molecule has 0 radical (unpaired) electrons. The first-order chi connectivity index (χ1) is 17.5. The molecule has 1 saturated heterocycles. The van der Waals surface area contributed by atoms with E-state index in [4.69, 9.17) is 0 Å². The average Bonchev–Trinajstić information content (AvgIpc) is 3.61. The zero-order valence-electron chi connectivity index (χ0n) is 20.1. The minimum absolute atomic E-state index is 0.0738. The molecule has 1 fully saturated rings. The molecular formula is C25H28N8O3. The Balaban J connectivity index is 1.17. The number of pyridine rings is 2. The van der Waals surface area contributed by atoms with E-state index >= 15 is 0 Å². The van der Waals surface area contributed by atoms with Crippen molar-refractivity contribution in [1.82, 2.24) is 34.5 Å². The van der Waals surface area contributed by atoms with Crippen molar-refractivity contribution >= 4 is 17.8 Å². The number of fused-ring (bicyclic) bond motifs is 2. The van der Waals surface area contributed by atoms with Gasteiger partial charge in [0.25, 0.3) is 5.91 Å². The largest absolute Gasteiger partial charge is 0.391 e. The van der Waals surface area contributed by atoms with Crippen LogP contribution in [-0.2, 0) is 19.4 Å². The van der Waals surface area contributed by atoms with Crippen LogP contribution in [0.1, 0.15) is 53.2 Å². The third-order valence-electron chi connectivity index (χ3n) is 7.24. The Hall–Kier alpha value is -3.86. The van der Waals surface area contributed by atoms with E-state index in [1.165, 1.54) is 0 Å². The van der Waals surface area contributed by atoms with Crippen LogP contribution in [0.2, 0.25) is 0 Å². The lowest BCUT2D eigenvalue weighted by Crippen LogP contribution is -2.44. The van der Waals surface area contributed by atoms with Crippen molar-refractivity contribution in [3.05, 3.63) is 53.1 Å². The molecule has 3 aliphatic rings. The minimum atomic E-state index is -0.452. The molecule has 0 unspecified atom stereocenters. The maximum atomic E-state index is 13.0. The summed E-state index contributed by atoms with van der Waals surface area (Å²) in [6.07, 6.45) is 4.48. The van der Waals surface area contributed by atoms with Gasteiger partial charge in [0.1, 0.15) is 23.0 Å². The van der Waals surface area contributed by atoms with E-state index in [-0.39, 0.29) is 17.6 Å². The minimum Gasteiger partial charge on any atom is -0.391 e. The summed E-state index contributed by atoms with van der Waals surface area (Å²) in [5.41, 5.74) is 2.86. The van der Waals surface area contributed by atoms with Crippen molar-refractivity contribution in [2.45, 2.75) is 51.3 Å². The first-order valence-corrected chi connectivity index (χ1v) is 12.4. The summed E-state index contributed by atoms with van der Waals surface area (Å²) in [4.78, 5) is 38.3. The number of urea groups is 1. The molecule has 3 aromatic heterocycles. The number of β-amino-alcohol motifs (C(OH)–C–C–N with tert-alkyl or cyclic N) is 1. The zero-order chi connectivity index (χ0) is 24.8. The van der Waals surface area contributed by atoms with Gasteiger partial charge in [0.2, 0.25) is 0 Å². The van der Waals surface area contributed by atoms with Crippen molar-refractivity contribution in [3.63, 3.8) is 0 Å². The predicted octanol–water partition coefficient (Wildman–Crippen LogP) is 2.04. The van der Waals surface area contributed by atoms with Gasteiger partial charge in [0.15, 0.2) is 5.82 Å². The van der Waals surface area contributed by atoms with Gasteiger partial charge in [-0.2, -0.15) is 0 Å². The van der Waals surface area contributed by atoms with Gasteiger partial charge >= 0.3 is 6.03 Å². The van der Waals surface area contributed by atoms with E-state index in [9.17, 15) is 14.7 Å². The molecule has 11 heteroatoms. The summed E-state index contributed by atoms with van der Waals surface area (Å²) in [6.45, 7) is 4.07. The second kappa shape index (κ2) is 8.98. The van der Waals surface area contributed by atoms with Gasteiger partial charge < -0.3 is 24.8 Å². The van der Waals surface area contributed by atoms with Crippen LogP contribution in [0.4, 0.5) is 10.6 Å². The highest BCUT2D eigenvalue weighted by atomic mass is 16.3. The normalized spacial score (nSPS) is 20.8. The number of nitrogens with one attached hydrogen (secondary N) is 1. The fourth-order valence-corrected chi connectivity index (χ4v) is 5.25. The number of likely N-dealkylation sites (tertiary alicyclic amines) is 1. The molecule has 11 nitrogen and oxygen atoms in total.